The van der Waals surface area contributed by atoms with Crippen molar-refractivity contribution < 1.29 is 9.47 Å². The van der Waals surface area contributed by atoms with Crippen molar-refractivity contribution in [2.75, 3.05) is 39.4 Å². The van der Waals surface area contributed by atoms with Crippen LogP contribution in [-0.4, -0.2) is 92.6 Å². The van der Waals surface area contributed by atoms with Crippen molar-refractivity contribution in [1.82, 2.24) is 28.9 Å². The molecule has 2 saturated heterocycles. The molecule has 2 aliphatic heterocycles. The number of H-pyrrole nitrogens is 2. The predicted octanol–water partition coefficient (Wildman–Crippen LogP) is 7.47. The number of hydrogen-bond acceptors (Lipinski definition) is 6. The van der Waals surface area contributed by atoms with E-state index in [1.165, 1.54) is 51.4 Å². The van der Waals surface area contributed by atoms with Crippen molar-refractivity contribution in [2.24, 2.45) is 0 Å². The highest BCUT2D eigenvalue weighted by Crippen LogP contribution is 2.32. The number of ether oxygens (including phenoxy) is 2. The number of hydrogen-bond donors (Lipinski definition) is 2. The molecule has 4 aromatic rings. The maximum Gasteiger partial charge on any atom is 0.326 e. The van der Waals surface area contributed by atoms with Crippen molar-refractivity contribution in [2.45, 2.75) is 127 Å². The fourth-order valence-electron chi connectivity index (χ4n) is 9.52. The Morgan fingerprint density at radius 1 is 0.519 bits per heavy atom. The van der Waals surface area contributed by atoms with Gasteiger partial charge in [-0.05, 0) is 115 Å². The first kappa shape index (κ1) is 40.6. The zero-order valence-corrected chi connectivity index (χ0v) is 32.7. The van der Waals surface area contributed by atoms with Crippen LogP contribution in [0, 0.1) is 0 Å². The molecule has 10 nitrogen and oxygen atoms in total. The summed E-state index contributed by atoms with van der Waals surface area (Å²) in [6.45, 7) is 10.2. The van der Waals surface area contributed by atoms with Crippen LogP contribution in [-0.2, 0) is 9.47 Å². The third-order valence-corrected chi connectivity index (χ3v) is 12.1. The zero-order chi connectivity index (χ0) is 34.5. The first-order valence-electron chi connectivity index (χ1n) is 19.6. The van der Waals surface area contributed by atoms with Gasteiger partial charge in [0.05, 0.1) is 34.3 Å². The molecule has 2 N–H and O–H groups in total. The second kappa shape index (κ2) is 19.1. The Hall–Kier alpha value is -2.60. The molecule has 4 aliphatic rings. The lowest BCUT2D eigenvalue weighted by Gasteiger charge is -2.40. The van der Waals surface area contributed by atoms with Crippen LogP contribution in [0.25, 0.3) is 22.1 Å². The van der Waals surface area contributed by atoms with Gasteiger partial charge in [-0.3, -0.25) is 9.13 Å². The highest BCUT2D eigenvalue weighted by atomic mass is 35.5. The molecule has 52 heavy (non-hydrogen) atoms. The van der Waals surface area contributed by atoms with Gasteiger partial charge in [-0.2, -0.15) is 0 Å². The van der Waals surface area contributed by atoms with Gasteiger partial charge in [0.1, 0.15) is 0 Å². The van der Waals surface area contributed by atoms with Gasteiger partial charge in [0, 0.05) is 63.6 Å². The standard InChI is InChI=1S/2C20H29N3O2.2ClH/c2*1-2-25-17-9-7-15(8-10-17)22-13-11-16(12-14-22)23-19-6-4-3-5-18(19)21-20(23)24;;/h2*3-6,15-17H,2,7-14H2,1H3,(H,21,24);2*1H. The van der Waals surface area contributed by atoms with Crippen LogP contribution in [0.2, 0.25) is 0 Å². The summed E-state index contributed by atoms with van der Waals surface area (Å²) in [7, 11) is 0. The van der Waals surface area contributed by atoms with Crippen LogP contribution in [0.5, 0.6) is 0 Å². The van der Waals surface area contributed by atoms with E-state index >= 15 is 0 Å². The molecule has 0 unspecified atom stereocenters. The number of nitrogens with zero attached hydrogens (tertiary/aromatic N) is 4. The van der Waals surface area contributed by atoms with Crippen LogP contribution < -0.4 is 11.4 Å². The Balaban J connectivity index is 0.000000194. The Morgan fingerprint density at radius 3 is 1.21 bits per heavy atom. The van der Waals surface area contributed by atoms with Crippen LogP contribution in [0.4, 0.5) is 0 Å². The number of nitrogens with one attached hydrogen (secondary N) is 2. The summed E-state index contributed by atoms with van der Waals surface area (Å²) < 4.78 is 15.5. The normalized spacial score (nSPS) is 25.3. The van der Waals surface area contributed by atoms with Crippen molar-refractivity contribution in [1.29, 1.82) is 0 Å². The van der Waals surface area contributed by atoms with E-state index in [0.29, 0.717) is 36.4 Å². The number of para-hydroxylation sites is 4. The van der Waals surface area contributed by atoms with Gasteiger partial charge in [0.2, 0.25) is 0 Å². The molecule has 0 spiro atoms. The van der Waals surface area contributed by atoms with Gasteiger partial charge in [0.15, 0.2) is 0 Å². The molecule has 0 bridgehead atoms. The summed E-state index contributed by atoms with van der Waals surface area (Å²) in [4.78, 5) is 36.1. The second-order valence-electron chi connectivity index (χ2n) is 14.9. The van der Waals surface area contributed by atoms with E-state index in [1.54, 1.807) is 0 Å². The maximum absolute atomic E-state index is 12.4. The van der Waals surface area contributed by atoms with Crippen molar-refractivity contribution >= 4 is 46.9 Å². The number of aromatic amines is 2. The minimum Gasteiger partial charge on any atom is -0.379 e. The third-order valence-electron chi connectivity index (χ3n) is 12.1. The predicted molar refractivity (Wildman–Crippen MR) is 215 cm³/mol. The first-order valence-corrected chi connectivity index (χ1v) is 19.6. The molecule has 0 amide bonds. The number of halogens is 2. The van der Waals surface area contributed by atoms with Gasteiger partial charge in [0.25, 0.3) is 0 Å². The molecule has 4 heterocycles. The number of benzene rings is 2. The molecule has 288 valence electrons. The number of likely N-dealkylation sites (tertiary alicyclic amines) is 2. The summed E-state index contributed by atoms with van der Waals surface area (Å²) in [6.07, 6.45) is 15.0. The lowest BCUT2D eigenvalue weighted by atomic mass is 9.90. The van der Waals surface area contributed by atoms with Crippen molar-refractivity contribution in [3.8, 4) is 0 Å². The lowest BCUT2D eigenvalue weighted by Crippen LogP contribution is -2.45. The zero-order valence-electron chi connectivity index (χ0n) is 31.0. The van der Waals surface area contributed by atoms with E-state index in [2.05, 4.69) is 45.7 Å². The van der Waals surface area contributed by atoms with Crippen LogP contribution in [0.15, 0.2) is 58.1 Å². The fourth-order valence-corrected chi connectivity index (χ4v) is 9.52. The molecule has 4 fully saturated rings. The second-order valence-corrected chi connectivity index (χ2v) is 14.9. The van der Waals surface area contributed by atoms with Gasteiger partial charge in [-0.1, -0.05) is 24.3 Å². The number of fused-ring (bicyclic) bond motifs is 2. The quantitative estimate of drug-likeness (QED) is 0.194. The molecule has 8 rings (SSSR count). The largest absolute Gasteiger partial charge is 0.379 e. The monoisotopic (exact) mass is 758 g/mol. The number of piperidine rings is 2. The van der Waals surface area contributed by atoms with Crippen LogP contribution in [0.3, 0.4) is 0 Å². The summed E-state index contributed by atoms with van der Waals surface area (Å²) >= 11 is 0. The maximum atomic E-state index is 12.4. The highest BCUT2D eigenvalue weighted by Gasteiger charge is 2.32. The summed E-state index contributed by atoms with van der Waals surface area (Å²) in [6, 6.07) is 18.1. The van der Waals surface area contributed by atoms with Gasteiger partial charge < -0.3 is 29.2 Å². The lowest BCUT2D eigenvalue weighted by molar-refractivity contribution is 0.00790. The molecule has 2 aromatic carbocycles. The Bertz CT molecular complexity index is 1640. The smallest absolute Gasteiger partial charge is 0.326 e. The molecular weight excluding hydrogens is 699 g/mol. The molecule has 0 atom stereocenters. The van der Waals surface area contributed by atoms with E-state index in [0.717, 1.165) is 87.1 Å². The van der Waals surface area contributed by atoms with Gasteiger partial charge in [-0.25, -0.2) is 9.59 Å². The Labute approximate surface area is 320 Å². The summed E-state index contributed by atoms with van der Waals surface area (Å²) in [5.74, 6) is 0. The minimum absolute atomic E-state index is 0. The molecule has 0 radical (unpaired) electrons. The van der Waals surface area contributed by atoms with Crippen molar-refractivity contribution in [3.05, 3.63) is 69.5 Å². The van der Waals surface area contributed by atoms with E-state index in [4.69, 9.17) is 9.47 Å². The first-order chi connectivity index (χ1) is 24.5. The Morgan fingerprint density at radius 2 is 0.865 bits per heavy atom. The molecule has 2 aliphatic carbocycles. The average Bonchev–Trinajstić information content (AvgIpc) is 3.68. The number of imidazole rings is 2. The van der Waals surface area contributed by atoms with E-state index in [9.17, 15) is 9.59 Å². The summed E-state index contributed by atoms with van der Waals surface area (Å²) in [5, 5.41) is 0. The Kier molecular flexibility index (Phi) is 14.9. The minimum atomic E-state index is 0. The molecule has 12 heteroatoms. The number of rotatable bonds is 8. The SMILES string of the molecule is CCOC1CCC(N2CCC(n3c(=O)[nH]c4ccccc43)CC2)CC1.CCOC1CCC(N2CCC(n3c(=O)[nH]c4ccccc43)CC2)CC1.Cl.Cl. The van der Waals surface area contributed by atoms with Crippen LogP contribution in [0.1, 0.15) is 103 Å². The van der Waals surface area contributed by atoms with E-state index in [-0.39, 0.29) is 36.2 Å². The molecule has 2 saturated carbocycles. The summed E-state index contributed by atoms with van der Waals surface area (Å²) in [5.41, 5.74) is 4.06. The van der Waals surface area contributed by atoms with Crippen LogP contribution >= 0.6 is 24.8 Å². The van der Waals surface area contributed by atoms with Gasteiger partial charge in [-0.15, -0.1) is 24.8 Å². The van der Waals surface area contributed by atoms with Gasteiger partial charge >= 0.3 is 11.4 Å². The van der Waals surface area contributed by atoms with E-state index < -0.39 is 0 Å². The van der Waals surface area contributed by atoms with E-state index in [1.807, 2.05) is 45.5 Å². The number of aromatic nitrogens is 4. The third kappa shape index (κ3) is 9.19. The molecule has 2 aromatic heterocycles. The average molecular weight is 760 g/mol. The molecular formula is C40H60Cl2N6O4. The fraction of sp³-hybridized carbons (Fsp3) is 0.650. The highest BCUT2D eigenvalue weighted by molar-refractivity contribution is 5.85. The topological polar surface area (TPSA) is 101 Å². The van der Waals surface area contributed by atoms with Crippen molar-refractivity contribution in [3.63, 3.8) is 0 Å².